The van der Waals surface area contributed by atoms with Crippen molar-refractivity contribution in [3.8, 4) is 11.5 Å². The molecule has 1 N–H and O–H groups in total. The van der Waals surface area contributed by atoms with E-state index in [1.54, 1.807) is 13.2 Å². The summed E-state index contributed by atoms with van der Waals surface area (Å²) in [6.07, 6.45) is 5.63. The van der Waals surface area contributed by atoms with Gasteiger partial charge in [0.1, 0.15) is 6.61 Å². The van der Waals surface area contributed by atoms with Crippen molar-refractivity contribution < 1.29 is 19.0 Å². The number of hydrogen-bond donors (Lipinski definition) is 1. The number of carbonyl (C=O) groups is 1. The first-order valence-corrected chi connectivity index (χ1v) is 9.58. The fourth-order valence-corrected chi connectivity index (χ4v) is 3.09. The summed E-state index contributed by atoms with van der Waals surface area (Å²) in [4.78, 5) is 12.1. The molecule has 28 heavy (non-hydrogen) atoms. The molecule has 0 aliphatic carbocycles. The van der Waals surface area contributed by atoms with Gasteiger partial charge in [0, 0.05) is 19.2 Å². The highest BCUT2D eigenvalue weighted by Gasteiger charge is 2.17. The first-order chi connectivity index (χ1) is 13.6. The minimum Gasteiger partial charge on any atom is -0.493 e. The van der Waals surface area contributed by atoms with Crippen LogP contribution < -0.4 is 14.8 Å². The van der Waals surface area contributed by atoms with Crippen LogP contribution in [0.2, 0.25) is 0 Å². The van der Waals surface area contributed by atoms with Crippen molar-refractivity contribution in [3.63, 3.8) is 0 Å². The Morgan fingerprint density at radius 1 is 1.25 bits per heavy atom. The number of aryl methyl sites for hydroxylation is 1. The molecule has 2 aromatic rings. The summed E-state index contributed by atoms with van der Waals surface area (Å²) >= 11 is 0. The summed E-state index contributed by atoms with van der Waals surface area (Å²) in [6, 6.07) is 13.7. The quantitative estimate of drug-likeness (QED) is 0.705. The van der Waals surface area contributed by atoms with Crippen LogP contribution in [0.15, 0.2) is 48.5 Å². The second-order valence-corrected chi connectivity index (χ2v) is 6.90. The van der Waals surface area contributed by atoms with Crippen LogP contribution in [-0.4, -0.2) is 32.3 Å². The van der Waals surface area contributed by atoms with Gasteiger partial charge in [-0.15, -0.1) is 0 Å². The second kappa shape index (κ2) is 9.95. The third kappa shape index (κ3) is 5.86. The van der Waals surface area contributed by atoms with Crippen LogP contribution in [0, 0.1) is 6.92 Å². The molecule has 1 fully saturated rings. The zero-order valence-electron chi connectivity index (χ0n) is 16.4. The third-order valence-electron chi connectivity index (χ3n) is 4.61. The van der Waals surface area contributed by atoms with E-state index in [-0.39, 0.29) is 12.0 Å². The van der Waals surface area contributed by atoms with E-state index in [9.17, 15) is 4.79 Å². The summed E-state index contributed by atoms with van der Waals surface area (Å²) in [5, 5.41) is 2.89. The van der Waals surface area contributed by atoms with Crippen LogP contribution in [0.4, 0.5) is 0 Å². The molecule has 1 heterocycles. The maximum atomic E-state index is 12.1. The van der Waals surface area contributed by atoms with Crippen LogP contribution in [0.25, 0.3) is 6.08 Å². The molecule has 2 aromatic carbocycles. The Morgan fingerprint density at radius 3 is 2.89 bits per heavy atom. The number of ether oxygens (including phenoxy) is 3. The summed E-state index contributed by atoms with van der Waals surface area (Å²) in [6.45, 7) is 3.77. The zero-order valence-corrected chi connectivity index (χ0v) is 16.4. The lowest BCUT2D eigenvalue weighted by molar-refractivity contribution is -0.116. The van der Waals surface area contributed by atoms with Crippen molar-refractivity contribution in [2.24, 2.45) is 0 Å². The van der Waals surface area contributed by atoms with Gasteiger partial charge in [0.05, 0.1) is 13.2 Å². The first-order valence-electron chi connectivity index (χ1n) is 9.58. The molecule has 0 spiro atoms. The van der Waals surface area contributed by atoms with Crippen molar-refractivity contribution in [2.75, 3.05) is 20.3 Å². The monoisotopic (exact) mass is 381 g/mol. The van der Waals surface area contributed by atoms with Gasteiger partial charge < -0.3 is 19.5 Å². The number of nitrogens with one attached hydrogen (secondary N) is 1. The molecule has 148 valence electrons. The Hall–Kier alpha value is -2.79. The number of methoxy groups -OCH3 is 1. The molecule has 1 atom stereocenters. The van der Waals surface area contributed by atoms with E-state index in [0.29, 0.717) is 24.7 Å². The van der Waals surface area contributed by atoms with Crippen LogP contribution in [0.5, 0.6) is 11.5 Å². The molecule has 0 radical (unpaired) electrons. The van der Waals surface area contributed by atoms with Gasteiger partial charge in [0.15, 0.2) is 11.5 Å². The van der Waals surface area contributed by atoms with Crippen LogP contribution in [0.1, 0.15) is 29.5 Å². The Kier molecular flexibility index (Phi) is 7.09. The standard InChI is InChI=1S/C23H27NO4/c1-17-5-3-6-18(13-17)9-11-23(25)24-15-19-8-10-21(22(14-19)26-2)28-16-20-7-4-12-27-20/h3,5-6,8-11,13-14,20H,4,7,12,15-16H2,1-2H3,(H,24,25). The fourth-order valence-electron chi connectivity index (χ4n) is 3.09. The first kappa shape index (κ1) is 20.0. The lowest BCUT2D eigenvalue weighted by atomic mass is 10.1. The predicted octanol–water partition coefficient (Wildman–Crippen LogP) is 3.89. The average molecular weight is 381 g/mol. The summed E-state index contributed by atoms with van der Waals surface area (Å²) in [7, 11) is 1.61. The maximum absolute atomic E-state index is 12.1. The number of rotatable bonds is 8. The van der Waals surface area contributed by atoms with Crippen LogP contribution >= 0.6 is 0 Å². The number of amides is 1. The van der Waals surface area contributed by atoms with E-state index in [1.165, 1.54) is 0 Å². The van der Waals surface area contributed by atoms with Crippen molar-refractivity contribution in [2.45, 2.75) is 32.4 Å². The van der Waals surface area contributed by atoms with Gasteiger partial charge in [-0.1, -0.05) is 35.9 Å². The van der Waals surface area contributed by atoms with E-state index in [4.69, 9.17) is 14.2 Å². The van der Waals surface area contributed by atoms with Crippen LogP contribution in [-0.2, 0) is 16.1 Å². The molecular weight excluding hydrogens is 354 g/mol. The Balaban J connectivity index is 1.52. The molecule has 1 saturated heterocycles. The molecule has 5 heteroatoms. The van der Waals surface area contributed by atoms with Crippen molar-refractivity contribution in [1.82, 2.24) is 5.32 Å². The Bertz CT molecular complexity index is 825. The van der Waals surface area contributed by atoms with E-state index < -0.39 is 0 Å². The van der Waals surface area contributed by atoms with Gasteiger partial charge >= 0.3 is 0 Å². The molecular formula is C23H27NO4. The topological polar surface area (TPSA) is 56.8 Å². The van der Waals surface area contributed by atoms with Gasteiger partial charge in [-0.25, -0.2) is 0 Å². The lowest BCUT2D eigenvalue weighted by Gasteiger charge is -2.15. The van der Waals surface area contributed by atoms with Crippen molar-refractivity contribution in [1.29, 1.82) is 0 Å². The zero-order chi connectivity index (χ0) is 19.8. The highest BCUT2D eigenvalue weighted by Crippen LogP contribution is 2.29. The molecule has 1 aliphatic rings. The Morgan fingerprint density at radius 2 is 2.14 bits per heavy atom. The van der Waals surface area contributed by atoms with Gasteiger partial charge in [0.25, 0.3) is 0 Å². The highest BCUT2D eigenvalue weighted by molar-refractivity contribution is 5.91. The minimum absolute atomic E-state index is 0.140. The summed E-state index contributed by atoms with van der Waals surface area (Å²) in [5.74, 6) is 1.20. The molecule has 1 unspecified atom stereocenters. The van der Waals surface area contributed by atoms with Gasteiger partial charge in [-0.05, 0) is 49.1 Å². The molecule has 1 aliphatic heterocycles. The predicted molar refractivity (Wildman–Crippen MR) is 110 cm³/mol. The molecule has 1 amide bonds. The molecule has 0 saturated carbocycles. The number of hydrogen-bond acceptors (Lipinski definition) is 4. The van der Waals surface area contributed by atoms with Crippen LogP contribution in [0.3, 0.4) is 0 Å². The Labute approximate surface area is 166 Å². The molecule has 0 aromatic heterocycles. The smallest absolute Gasteiger partial charge is 0.244 e. The van der Waals surface area contributed by atoms with E-state index in [0.717, 1.165) is 36.1 Å². The molecule has 0 bridgehead atoms. The maximum Gasteiger partial charge on any atom is 0.244 e. The number of carbonyl (C=O) groups excluding carboxylic acids is 1. The fraction of sp³-hybridized carbons (Fsp3) is 0.348. The second-order valence-electron chi connectivity index (χ2n) is 6.90. The normalized spacial score (nSPS) is 16.3. The summed E-state index contributed by atoms with van der Waals surface area (Å²) in [5.41, 5.74) is 3.11. The van der Waals surface area contributed by atoms with E-state index >= 15 is 0 Å². The van der Waals surface area contributed by atoms with E-state index in [1.807, 2.05) is 55.5 Å². The van der Waals surface area contributed by atoms with Gasteiger partial charge in [-0.3, -0.25) is 4.79 Å². The molecule has 5 nitrogen and oxygen atoms in total. The van der Waals surface area contributed by atoms with E-state index in [2.05, 4.69) is 5.32 Å². The van der Waals surface area contributed by atoms with Crippen molar-refractivity contribution in [3.05, 3.63) is 65.2 Å². The lowest BCUT2D eigenvalue weighted by Crippen LogP contribution is -2.20. The number of benzene rings is 2. The van der Waals surface area contributed by atoms with Gasteiger partial charge in [-0.2, -0.15) is 0 Å². The molecule has 3 rings (SSSR count). The SMILES string of the molecule is COc1cc(CNC(=O)C=Cc2cccc(C)c2)ccc1OCC1CCCO1. The van der Waals surface area contributed by atoms with Gasteiger partial charge in [0.2, 0.25) is 5.91 Å². The minimum atomic E-state index is -0.140. The third-order valence-corrected chi connectivity index (χ3v) is 4.61. The largest absolute Gasteiger partial charge is 0.493 e. The highest BCUT2D eigenvalue weighted by atomic mass is 16.5. The summed E-state index contributed by atoms with van der Waals surface area (Å²) < 4.78 is 16.9. The average Bonchev–Trinajstić information content (AvgIpc) is 3.23. The van der Waals surface area contributed by atoms with Crippen molar-refractivity contribution >= 4 is 12.0 Å².